The summed E-state index contributed by atoms with van der Waals surface area (Å²) in [5, 5.41) is 7.22. The molecule has 7 heteroatoms. The van der Waals surface area contributed by atoms with Crippen LogP contribution in [0.4, 0.5) is 0 Å². The summed E-state index contributed by atoms with van der Waals surface area (Å²) in [4.78, 5) is 8.76. The van der Waals surface area contributed by atoms with Crippen molar-refractivity contribution in [3.05, 3.63) is 58.7 Å². The van der Waals surface area contributed by atoms with Crippen molar-refractivity contribution in [2.24, 2.45) is 4.99 Å². The van der Waals surface area contributed by atoms with Gasteiger partial charge in [0.05, 0.1) is 13.7 Å². The molecule has 0 saturated heterocycles. The van der Waals surface area contributed by atoms with Gasteiger partial charge in [0, 0.05) is 29.9 Å². The molecule has 0 amide bonds. The number of pyridine rings is 1. The molecule has 0 saturated carbocycles. The van der Waals surface area contributed by atoms with Crippen LogP contribution in [0.5, 0.6) is 5.88 Å². The largest absolute Gasteiger partial charge is 0.481 e. The van der Waals surface area contributed by atoms with Gasteiger partial charge in [0.1, 0.15) is 0 Å². The van der Waals surface area contributed by atoms with Crippen LogP contribution in [0.25, 0.3) is 0 Å². The zero-order chi connectivity index (χ0) is 16.5. The maximum atomic E-state index is 6.00. The fraction of sp³-hybridized carbons (Fsp3) is 0.294. The van der Waals surface area contributed by atoms with E-state index in [-0.39, 0.29) is 24.0 Å². The molecule has 0 aliphatic heterocycles. The Morgan fingerprint density at radius 2 is 2.08 bits per heavy atom. The Morgan fingerprint density at radius 1 is 1.25 bits per heavy atom. The Balaban J connectivity index is 0.00000288. The summed E-state index contributed by atoms with van der Waals surface area (Å²) >= 11 is 6.00. The zero-order valence-corrected chi connectivity index (χ0v) is 16.8. The highest BCUT2D eigenvalue weighted by molar-refractivity contribution is 14.0. The van der Waals surface area contributed by atoms with E-state index in [0.717, 1.165) is 28.7 Å². The second-order valence-corrected chi connectivity index (χ2v) is 5.29. The lowest BCUT2D eigenvalue weighted by Crippen LogP contribution is -2.36. The molecule has 0 spiro atoms. The van der Waals surface area contributed by atoms with Gasteiger partial charge in [-0.1, -0.05) is 29.8 Å². The summed E-state index contributed by atoms with van der Waals surface area (Å²) in [6.45, 7) is 3.95. The normalized spacial score (nSPS) is 10.7. The number of benzene rings is 1. The Labute approximate surface area is 164 Å². The first-order chi connectivity index (χ1) is 11.2. The maximum absolute atomic E-state index is 6.00. The minimum Gasteiger partial charge on any atom is -0.481 e. The Bertz CT molecular complexity index is 667. The van der Waals surface area contributed by atoms with Crippen molar-refractivity contribution in [2.45, 2.75) is 20.0 Å². The molecule has 1 heterocycles. The number of halogens is 2. The third kappa shape index (κ3) is 6.52. The van der Waals surface area contributed by atoms with E-state index in [4.69, 9.17) is 16.3 Å². The number of ether oxygens (including phenoxy) is 1. The maximum Gasteiger partial charge on any atom is 0.218 e. The van der Waals surface area contributed by atoms with Crippen molar-refractivity contribution in [3.63, 3.8) is 0 Å². The highest BCUT2D eigenvalue weighted by Crippen LogP contribution is 2.13. The van der Waals surface area contributed by atoms with Crippen LogP contribution in [-0.2, 0) is 13.1 Å². The number of rotatable bonds is 6. The van der Waals surface area contributed by atoms with Crippen LogP contribution in [0.15, 0.2) is 47.6 Å². The first-order valence-electron chi connectivity index (χ1n) is 7.47. The van der Waals surface area contributed by atoms with Crippen LogP contribution in [0, 0.1) is 0 Å². The van der Waals surface area contributed by atoms with Gasteiger partial charge in [-0.15, -0.1) is 24.0 Å². The molecule has 0 aliphatic carbocycles. The van der Waals surface area contributed by atoms with Crippen molar-refractivity contribution in [1.82, 2.24) is 15.6 Å². The molecule has 1 aromatic heterocycles. The number of aliphatic imine (C=N–C) groups is 1. The van der Waals surface area contributed by atoms with E-state index in [2.05, 4.69) is 20.6 Å². The fourth-order valence-electron chi connectivity index (χ4n) is 2.07. The minimum absolute atomic E-state index is 0. The average molecular weight is 461 g/mol. The number of methoxy groups -OCH3 is 1. The number of nitrogens with zero attached hydrogens (tertiary/aromatic N) is 2. The number of aromatic nitrogens is 1. The number of hydrogen-bond donors (Lipinski definition) is 2. The predicted molar refractivity (Wildman–Crippen MR) is 109 cm³/mol. The average Bonchev–Trinajstić information content (AvgIpc) is 2.57. The van der Waals surface area contributed by atoms with E-state index in [1.54, 1.807) is 13.3 Å². The van der Waals surface area contributed by atoms with Gasteiger partial charge in [0.25, 0.3) is 0 Å². The quantitative estimate of drug-likeness (QED) is 0.393. The number of nitrogens with one attached hydrogen (secondary N) is 2. The second-order valence-electron chi connectivity index (χ2n) is 4.85. The molecule has 1 aromatic carbocycles. The van der Waals surface area contributed by atoms with Gasteiger partial charge >= 0.3 is 0 Å². The summed E-state index contributed by atoms with van der Waals surface area (Å²) in [5.41, 5.74) is 2.04. The number of guanidine groups is 1. The van der Waals surface area contributed by atoms with E-state index < -0.39 is 0 Å². The third-order valence-corrected chi connectivity index (χ3v) is 3.38. The molecule has 0 radical (unpaired) electrons. The smallest absolute Gasteiger partial charge is 0.218 e. The fourth-order valence-corrected chi connectivity index (χ4v) is 2.28. The van der Waals surface area contributed by atoms with Crippen molar-refractivity contribution >= 4 is 41.5 Å². The molecule has 0 fully saturated rings. The minimum atomic E-state index is 0. The molecule has 0 aliphatic rings. The van der Waals surface area contributed by atoms with Crippen molar-refractivity contribution < 1.29 is 4.74 Å². The number of hydrogen-bond acceptors (Lipinski definition) is 3. The van der Waals surface area contributed by atoms with Gasteiger partial charge in [-0.3, -0.25) is 0 Å². The van der Waals surface area contributed by atoms with Crippen LogP contribution < -0.4 is 15.4 Å². The predicted octanol–water partition coefficient (Wildman–Crippen LogP) is 3.62. The standard InChI is InChI=1S/C17H21ClN4O.HI/c1-3-19-17(21-11-13-6-4-8-15(18)10-13)22-12-14-7-5-9-20-16(14)23-2;/h4-10H,3,11-12H2,1-2H3,(H2,19,21,22);1H. The topological polar surface area (TPSA) is 58.5 Å². The lowest BCUT2D eigenvalue weighted by atomic mass is 10.2. The first-order valence-corrected chi connectivity index (χ1v) is 7.85. The monoisotopic (exact) mass is 460 g/mol. The molecule has 2 N–H and O–H groups in total. The van der Waals surface area contributed by atoms with E-state index in [1.807, 2.05) is 43.3 Å². The highest BCUT2D eigenvalue weighted by atomic mass is 127. The van der Waals surface area contributed by atoms with Crippen LogP contribution in [0.2, 0.25) is 5.02 Å². The molecule has 130 valence electrons. The van der Waals surface area contributed by atoms with Crippen LogP contribution in [0.1, 0.15) is 18.1 Å². The van der Waals surface area contributed by atoms with E-state index >= 15 is 0 Å². The molecule has 5 nitrogen and oxygen atoms in total. The van der Waals surface area contributed by atoms with Gasteiger partial charge in [0.2, 0.25) is 5.88 Å². The van der Waals surface area contributed by atoms with Crippen LogP contribution >= 0.6 is 35.6 Å². The lowest BCUT2D eigenvalue weighted by Gasteiger charge is -2.12. The van der Waals surface area contributed by atoms with Gasteiger partial charge < -0.3 is 15.4 Å². The Kier molecular flexibility index (Phi) is 9.48. The first kappa shape index (κ1) is 20.5. The Hall–Kier alpha value is -1.54. The van der Waals surface area contributed by atoms with E-state index in [0.29, 0.717) is 19.0 Å². The molecule has 0 bridgehead atoms. The van der Waals surface area contributed by atoms with Crippen LogP contribution in [0.3, 0.4) is 0 Å². The molecule has 2 aromatic rings. The molecule has 24 heavy (non-hydrogen) atoms. The van der Waals surface area contributed by atoms with Crippen molar-refractivity contribution in [3.8, 4) is 5.88 Å². The van der Waals surface area contributed by atoms with E-state index in [9.17, 15) is 0 Å². The molecular formula is C17H22ClIN4O. The van der Waals surface area contributed by atoms with Gasteiger partial charge in [-0.05, 0) is 30.7 Å². The molecular weight excluding hydrogens is 439 g/mol. The summed E-state index contributed by atoms with van der Waals surface area (Å²) < 4.78 is 5.25. The zero-order valence-electron chi connectivity index (χ0n) is 13.8. The van der Waals surface area contributed by atoms with Gasteiger partial charge in [-0.2, -0.15) is 0 Å². The second kappa shape index (κ2) is 11.1. The van der Waals surface area contributed by atoms with Gasteiger partial charge in [0.15, 0.2) is 5.96 Å². The molecule has 2 rings (SSSR count). The molecule has 0 atom stereocenters. The third-order valence-electron chi connectivity index (χ3n) is 3.14. The van der Waals surface area contributed by atoms with Crippen molar-refractivity contribution in [1.29, 1.82) is 0 Å². The van der Waals surface area contributed by atoms with Gasteiger partial charge in [-0.25, -0.2) is 9.98 Å². The lowest BCUT2D eigenvalue weighted by molar-refractivity contribution is 0.392. The highest BCUT2D eigenvalue weighted by Gasteiger charge is 2.04. The summed E-state index contributed by atoms with van der Waals surface area (Å²) in [5.74, 6) is 1.35. The molecule has 0 unspecified atom stereocenters. The van der Waals surface area contributed by atoms with Crippen LogP contribution in [-0.4, -0.2) is 24.6 Å². The summed E-state index contributed by atoms with van der Waals surface area (Å²) in [6, 6.07) is 11.6. The van der Waals surface area contributed by atoms with Crippen molar-refractivity contribution in [2.75, 3.05) is 13.7 Å². The summed E-state index contributed by atoms with van der Waals surface area (Å²) in [6.07, 6.45) is 1.71. The SMILES string of the molecule is CCNC(=NCc1cccc(Cl)c1)NCc1cccnc1OC.I. The Morgan fingerprint density at radius 3 is 2.79 bits per heavy atom. The summed E-state index contributed by atoms with van der Waals surface area (Å²) in [7, 11) is 1.62. The van der Waals surface area contributed by atoms with E-state index in [1.165, 1.54) is 0 Å².